The second-order valence-corrected chi connectivity index (χ2v) is 6.62. The summed E-state index contributed by atoms with van der Waals surface area (Å²) >= 11 is 0. The van der Waals surface area contributed by atoms with E-state index in [1.54, 1.807) is 0 Å². The Morgan fingerprint density at radius 1 is 1.22 bits per heavy atom. The molecule has 1 rings (SSSR count). The molecule has 106 valence electrons. The van der Waals surface area contributed by atoms with Crippen molar-refractivity contribution in [2.24, 2.45) is 5.41 Å². The van der Waals surface area contributed by atoms with Crippen molar-refractivity contribution in [3.8, 4) is 0 Å². The first-order valence-electron chi connectivity index (χ1n) is 6.98. The molecule has 0 saturated heterocycles. The van der Waals surface area contributed by atoms with Crippen molar-refractivity contribution < 1.29 is 9.53 Å². The highest BCUT2D eigenvalue weighted by Crippen LogP contribution is 2.36. The summed E-state index contributed by atoms with van der Waals surface area (Å²) in [5.74, 6) is 0. The van der Waals surface area contributed by atoms with Crippen molar-refractivity contribution in [2.45, 2.75) is 59.0 Å². The van der Waals surface area contributed by atoms with Gasteiger partial charge >= 0.3 is 6.09 Å². The molecule has 0 spiro atoms. The maximum Gasteiger partial charge on any atom is 0.407 e. The number of alkyl carbamates (subject to hydrolysis) is 1. The number of ether oxygens (including phenoxy) is 1. The van der Waals surface area contributed by atoms with Crippen LogP contribution < -0.4 is 10.6 Å². The molecular formula is C14H28N2O2. The lowest BCUT2D eigenvalue weighted by atomic mass is 9.89. The Balaban J connectivity index is 2.03. The van der Waals surface area contributed by atoms with E-state index in [1.807, 2.05) is 20.8 Å². The smallest absolute Gasteiger partial charge is 0.407 e. The lowest BCUT2D eigenvalue weighted by Crippen LogP contribution is -2.38. The van der Waals surface area contributed by atoms with E-state index in [0.717, 1.165) is 13.1 Å². The van der Waals surface area contributed by atoms with Gasteiger partial charge in [0.2, 0.25) is 0 Å². The second kappa shape index (κ2) is 6.41. The van der Waals surface area contributed by atoms with E-state index in [-0.39, 0.29) is 6.09 Å². The fourth-order valence-corrected chi connectivity index (χ4v) is 2.36. The SMILES string of the molecule is CC1(CNCCNC(=O)OC(C)(C)C)CCCC1. The molecule has 0 aliphatic heterocycles. The van der Waals surface area contributed by atoms with Crippen LogP contribution in [-0.4, -0.2) is 31.3 Å². The molecule has 4 nitrogen and oxygen atoms in total. The molecule has 0 radical (unpaired) electrons. The third kappa shape index (κ3) is 6.24. The minimum absolute atomic E-state index is 0.337. The lowest BCUT2D eigenvalue weighted by molar-refractivity contribution is 0.0528. The molecule has 0 bridgehead atoms. The zero-order valence-corrected chi connectivity index (χ0v) is 12.3. The van der Waals surface area contributed by atoms with Crippen molar-refractivity contribution in [2.75, 3.05) is 19.6 Å². The number of carbonyl (C=O) groups is 1. The minimum Gasteiger partial charge on any atom is -0.444 e. The van der Waals surface area contributed by atoms with Crippen molar-refractivity contribution in [3.63, 3.8) is 0 Å². The van der Waals surface area contributed by atoms with Gasteiger partial charge < -0.3 is 15.4 Å². The summed E-state index contributed by atoms with van der Waals surface area (Å²) in [6, 6.07) is 0. The van der Waals surface area contributed by atoms with Gasteiger partial charge in [0.1, 0.15) is 5.60 Å². The van der Waals surface area contributed by atoms with Crippen LogP contribution in [0.4, 0.5) is 4.79 Å². The first-order chi connectivity index (χ1) is 8.31. The summed E-state index contributed by atoms with van der Waals surface area (Å²) in [7, 11) is 0. The molecule has 1 amide bonds. The molecule has 0 aromatic heterocycles. The fourth-order valence-electron chi connectivity index (χ4n) is 2.36. The molecule has 18 heavy (non-hydrogen) atoms. The molecule has 1 saturated carbocycles. The van der Waals surface area contributed by atoms with E-state index in [4.69, 9.17) is 4.74 Å². The molecule has 0 aromatic rings. The topological polar surface area (TPSA) is 50.4 Å². The van der Waals surface area contributed by atoms with Crippen molar-refractivity contribution in [1.82, 2.24) is 10.6 Å². The van der Waals surface area contributed by atoms with Crippen LogP contribution in [0.5, 0.6) is 0 Å². The molecule has 0 atom stereocenters. The molecule has 1 aliphatic rings. The van der Waals surface area contributed by atoms with E-state index >= 15 is 0 Å². The summed E-state index contributed by atoms with van der Waals surface area (Å²) < 4.78 is 5.16. The van der Waals surface area contributed by atoms with Gasteiger partial charge in [-0.15, -0.1) is 0 Å². The quantitative estimate of drug-likeness (QED) is 0.744. The summed E-state index contributed by atoms with van der Waals surface area (Å²) in [6.07, 6.45) is 5.01. The lowest BCUT2D eigenvalue weighted by Gasteiger charge is -2.24. The van der Waals surface area contributed by atoms with Crippen LogP contribution in [0.1, 0.15) is 53.4 Å². The van der Waals surface area contributed by atoms with E-state index in [0.29, 0.717) is 12.0 Å². The summed E-state index contributed by atoms with van der Waals surface area (Å²) in [5.41, 5.74) is 0.0424. The van der Waals surface area contributed by atoms with Crippen molar-refractivity contribution in [3.05, 3.63) is 0 Å². The number of hydrogen-bond donors (Lipinski definition) is 2. The van der Waals surface area contributed by atoms with Crippen LogP contribution in [-0.2, 0) is 4.74 Å². The summed E-state index contributed by atoms with van der Waals surface area (Å²) in [5, 5.41) is 6.17. The van der Waals surface area contributed by atoms with E-state index in [2.05, 4.69) is 17.6 Å². The van der Waals surface area contributed by atoms with E-state index in [1.165, 1.54) is 25.7 Å². The number of hydrogen-bond acceptors (Lipinski definition) is 3. The highest BCUT2D eigenvalue weighted by atomic mass is 16.6. The number of rotatable bonds is 5. The maximum atomic E-state index is 11.4. The number of amides is 1. The van der Waals surface area contributed by atoms with Gasteiger partial charge in [0.05, 0.1) is 0 Å². The van der Waals surface area contributed by atoms with Gasteiger partial charge in [-0.25, -0.2) is 4.79 Å². The second-order valence-electron chi connectivity index (χ2n) is 6.62. The first-order valence-corrected chi connectivity index (χ1v) is 6.98. The number of nitrogens with one attached hydrogen (secondary N) is 2. The molecule has 1 aliphatic carbocycles. The van der Waals surface area contributed by atoms with Gasteiger partial charge in [-0.05, 0) is 39.0 Å². The average molecular weight is 256 g/mol. The van der Waals surface area contributed by atoms with Crippen LogP contribution in [0.3, 0.4) is 0 Å². The average Bonchev–Trinajstić information content (AvgIpc) is 2.62. The molecule has 0 heterocycles. The highest BCUT2D eigenvalue weighted by molar-refractivity contribution is 5.67. The number of carbonyl (C=O) groups excluding carboxylic acids is 1. The molecule has 4 heteroatoms. The van der Waals surface area contributed by atoms with E-state index in [9.17, 15) is 4.79 Å². The molecule has 0 aromatic carbocycles. The minimum atomic E-state index is -0.422. The van der Waals surface area contributed by atoms with Gasteiger partial charge in [0.25, 0.3) is 0 Å². The normalized spacial score (nSPS) is 18.7. The summed E-state index contributed by atoms with van der Waals surface area (Å²) in [6.45, 7) is 10.4. The Morgan fingerprint density at radius 3 is 2.39 bits per heavy atom. The third-order valence-corrected chi connectivity index (χ3v) is 3.33. The molecular weight excluding hydrogens is 228 g/mol. The van der Waals surface area contributed by atoms with Crippen LogP contribution in [0, 0.1) is 5.41 Å². The third-order valence-electron chi connectivity index (χ3n) is 3.33. The predicted molar refractivity (Wildman–Crippen MR) is 73.7 cm³/mol. The van der Waals surface area contributed by atoms with Gasteiger partial charge in [-0.3, -0.25) is 0 Å². The van der Waals surface area contributed by atoms with Gasteiger partial charge in [0, 0.05) is 19.6 Å². The zero-order chi connectivity index (χ0) is 13.6. The Bertz CT molecular complexity index is 265. The highest BCUT2D eigenvalue weighted by Gasteiger charge is 2.27. The van der Waals surface area contributed by atoms with Crippen molar-refractivity contribution in [1.29, 1.82) is 0 Å². The fraction of sp³-hybridized carbons (Fsp3) is 0.929. The van der Waals surface area contributed by atoms with Crippen LogP contribution >= 0.6 is 0 Å². The maximum absolute atomic E-state index is 11.4. The predicted octanol–water partition coefficient (Wildman–Crippen LogP) is 2.68. The Hall–Kier alpha value is -0.770. The standard InChI is InChI=1S/C14H28N2O2/c1-13(2,3)18-12(17)16-10-9-15-11-14(4)7-5-6-8-14/h15H,5-11H2,1-4H3,(H,16,17). The summed E-state index contributed by atoms with van der Waals surface area (Å²) in [4.78, 5) is 11.4. The molecule has 1 fully saturated rings. The largest absolute Gasteiger partial charge is 0.444 e. The Kier molecular flexibility index (Phi) is 5.45. The molecule has 2 N–H and O–H groups in total. The van der Waals surface area contributed by atoms with Gasteiger partial charge in [-0.2, -0.15) is 0 Å². The molecule has 0 unspecified atom stereocenters. The zero-order valence-electron chi connectivity index (χ0n) is 12.3. The van der Waals surface area contributed by atoms with E-state index < -0.39 is 5.60 Å². The Labute approximate surface area is 111 Å². The van der Waals surface area contributed by atoms with Gasteiger partial charge in [-0.1, -0.05) is 19.8 Å². The van der Waals surface area contributed by atoms with Crippen molar-refractivity contribution >= 4 is 6.09 Å². The van der Waals surface area contributed by atoms with Crippen LogP contribution in [0.2, 0.25) is 0 Å². The Morgan fingerprint density at radius 2 is 1.83 bits per heavy atom. The van der Waals surface area contributed by atoms with Gasteiger partial charge in [0.15, 0.2) is 0 Å². The first kappa shape index (κ1) is 15.3. The van der Waals surface area contributed by atoms with Crippen LogP contribution in [0.15, 0.2) is 0 Å². The monoisotopic (exact) mass is 256 g/mol. The van der Waals surface area contributed by atoms with Crippen LogP contribution in [0.25, 0.3) is 0 Å².